The molecular weight excluding hydrogens is 389 g/mol. The molecule has 0 saturated carbocycles. The first-order chi connectivity index (χ1) is 13.3. The molecule has 2 aromatic heterocycles. The second-order valence-electron chi connectivity index (χ2n) is 6.77. The predicted molar refractivity (Wildman–Crippen MR) is 98.3 cm³/mol. The van der Waals surface area contributed by atoms with Crippen molar-refractivity contribution in [2.24, 2.45) is 0 Å². The second-order valence-corrected chi connectivity index (χ2v) is 7.77. The van der Waals surface area contributed by atoms with Crippen molar-refractivity contribution in [1.82, 2.24) is 10.1 Å². The SMILES string of the molecule is Cc1noc(C)c1C(=O)N1CCc2sccc2[C@H]1c1ccc(C(F)(F)F)cc1. The molecule has 3 aromatic rings. The van der Waals surface area contributed by atoms with Crippen LogP contribution < -0.4 is 0 Å². The fourth-order valence-electron chi connectivity index (χ4n) is 3.68. The summed E-state index contributed by atoms with van der Waals surface area (Å²) in [7, 11) is 0. The molecule has 4 nitrogen and oxygen atoms in total. The molecule has 1 amide bonds. The van der Waals surface area contributed by atoms with Crippen LogP contribution in [0.15, 0.2) is 40.2 Å². The minimum Gasteiger partial charge on any atom is -0.361 e. The molecule has 1 atom stereocenters. The first-order valence-electron chi connectivity index (χ1n) is 8.74. The Morgan fingerprint density at radius 3 is 2.54 bits per heavy atom. The molecule has 4 rings (SSSR count). The summed E-state index contributed by atoms with van der Waals surface area (Å²) >= 11 is 1.60. The van der Waals surface area contributed by atoms with Gasteiger partial charge in [-0.3, -0.25) is 4.79 Å². The normalized spacial score (nSPS) is 16.9. The Labute approximate surface area is 163 Å². The molecule has 0 unspecified atom stereocenters. The number of nitrogens with zero attached hydrogens (tertiary/aromatic N) is 2. The van der Waals surface area contributed by atoms with Gasteiger partial charge in [0, 0.05) is 11.4 Å². The van der Waals surface area contributed by atoms with Crippen LogP contribution in [0.3, 0.4) is 0 Å². The van der Waals surface area contributed by atoms with Gasteiger partial charge >= 0.3 is 6.18 Å². The van der Waals surface area contributed by atoms with E-state index < -0.39 is 17.8 Å². The molecule has 0 spiro atoms. The van der Waals surface area contributed by atoms with Crippen molar-refractivity contribution in [3.8, 4) is 0 Å². The summed E-state index contributed by atoms with van der Waals surface area (Å²) < 4.78 is 44.0. The number of carbonyl (C=O) groups excluding carboxylic acids is 1. The van der Waals surface area contributed by atoms with Crippen LogP contribution in [0.1, 0.15) is 49.4 Å². The Hall–Kier alpha value is -2.61. The zero-order valence-corrected chi connectivity index (χ0v) is 16.0. The smallest absolute Gasteiger partial charge is 0.361 e. The average molecular weight is 406 g/mol. The van der Waals surface area contributed by atoms with Gasteiger partial charge in [-0.15, -0.1) is 11.3 Å². The third kappa shape index (κ3) is 3.11. The summed E-state index contributed by atoms with van der Waals surface area (Å²) in [6.45, 7) is 3.86. The van der Waals surface area contributed by atoms with E-state index >= 15 is 0 Å². The molecule has 1 aromatic carbocycles. The summed E-state index contributed by atoms with van der Waals surface area (Å²) in [6, 6.07) is 6.53. The van der Waals surface area contributed by atoms with E-state index in [0.29, 0.717) is 35.5 Å². The summed E-state index contributed by atoms with van der Waals surface area (Å²) in [5.74, 6) is 0.211. The van der Waals surface area contributed by atoms with Gasteiger partial charge in [0.05, 0.1) is 17.3 Å². The Balaban J connectivity index is 1.78. The number of alkyl halides is 3. The number of thiophene rings is 1. The number of hydrogen-bond acceptors (Lipinski definition) is 4. The van der Waals surface area contributed by atoms with Gasteiger partial charge in [0.25, 0.3) is 5.91 Å². The van der Waals surface area contributed by atoms with Crippen LogP contribution in [0.4, 0.5) is 13.2 Å². The third-order valence-electron chi connectivity index (χ3n) is 5.03. The van der Waals surface area contributed by atoms with Gasteiger partial charge in [-0.1, -0.05) is 17.3 Å². The molecule has 0 fully saturated rings. The van der Waals surface area contributed by atoms with Crippen molar-refractivity contribution in [3.05, 3.63) is 74.3 Å². The van der Waals surface area contributed by atoms with E-state index in [1.165, 1.54) is 12.1 Å². The summed E-state index contributed by atoms with van der Waals surface area (Å²) in [5, 5.41) is 5.81. The highest BCUT2D eigenvalue weighted by atomic mass is 32.1. The fourth-order valence-corrected chi connectivity index (χ4v) is 4.58. The number of rotatable bonds is 2. The standard InChI is InChI=1S/C20H17F3N2O2S/c1-11-17(12(2)27-24-11)19(26)25-9-7-16-15(8-10-28-16)18(25)13-3-5-14(6-4-13)20(21,22)23/h3-6,8,10,18H,7,9H2,1-2H3/t18-/m1/s1. The molecule has 0 radical (unpaired) electrons. The van der Waals surface area contributed by atoms with Crippen molar-refractivity contribution in [2.45, 2.75) is 32.5 Å². The highest BCUT2D eigenvalue weighted by Crippen LogP contribution is 2.40. The highest BCUT2D eigenvalue weighted by Gasteiger charge is 2.36. The van der Waals surface area contributed by atoms with E-state index in [9.17, 15) is 18.0 Å². The molecule has 8 heteroatoms. The fraction of sp³-hybridized carbons (Fsp3) is 0.300. The van der Waals surface area contributed by atoms with Crippen molar-refractivity contribution >= 4 is 17.2 Å². The van der Waals surface area contributed by atoms with Gasteiger partial charge in [0.1, 0.15) is 11.3 Å². The number of aromatic nitrogens is 1. The second kappa shape index (κ2) is 6.77. The lowest BCUT2D eigenvalue weighted by Crippen LogP contribution is -2.40. The number of amides is 1. The molecule has 0 aliphatic carbocycles. The Morgan fingerprint density at radius 2 is 1.93 bits per heavy atom. The van der Waals surface area contributed by atoms with E-state index in [2.05, 4.69) is 5.16 Å². The van der Waals surface area contributed by atoms with E-state index in [-0.39, 0.29) is 5.91 Å². The molecule has 0 N–H and O–H groups in total. The first-order valence-corrected chi connectivity index (χ1v) is 9.62. The zero-order valence-electron chi connectivity index (χ0n) is 15.2. The molecule has 3 heterocycles. The maximum absolute atomic E-state index is 13.3. The average Bonchev–Trinajstić information content (AvgIpc) is 3.26. The third-order valence-corrected chi connectivity index (χ3v) is 6.02. The number of halogens is 3. The Morgan fingerprint density at radius 1 is 1.21 bits per heavy atom. The first kappa shape index (κ1) is 18.7. The van der Waals surface area contributed by atoms with Crippen LogP contribution >= 0.6 is 11.3 Å². The van der Waals surface area contributed by atoms with Gasteiger partial charge in [0.15, 0.2) is 0 Å². The molecule has 28 heavy (non-hydrogen) atoms. The van der Waals surface area contributed by atoms with Crippen LogP contribution in [-0.4, -0.2) is 22.5 Å². The van der Waals surface area contributed by atoms with Gasteiger partial charge in [0.2, 0.25) is 0 Å². The zero-order chi connectivity index (χ0) is 20.1. The number of hydrogen-bond donors (Lipinski definition) is 0. The van der Waals surface area contributed by atoms with E-state index in [4.69, 9.17) is 4.52 Å². The lowest BCUT2D eigenvalue weighted by atomic mass is 9.92. The topological polar surface area (TPSA) is 46.3 Å². The van der Waals surface area contributed by atoms with Crippen LogP contribution in [0.25, 0.3) is 0 Å². The number of benzene rings is 1. The van der Waals surface area contributed by atoms with Crippen LogP contribution in [0.2, 0.25) is 0 Å². The maximum Gasteiger partial charge on any atom is 0.416 e. The Bertz CT molecular complexity index is 1000. The minimum atomic E-state index is -4.40. The molecule has 0 saturated heterocycles. The highest BCUT2D eigenvalue weighted by molar-refractivity contribution is 7.10. The van der Waals surface area contributed by atoms with Gasteiger partial charge in [-0.2, -0.15) is 13.2 Å². The number of fused-ring (bicyclic) bond motifs is 1. The van der Waals surface area contributed by atoms with Crippen molar-refractivity contribution in [2.75, 3.05) is 6.54 Å². The van der Waals surface area contributed by atoms with Gasteiger partial charge < -0.3 is 9.42 Å². The Kier molecular flexibility index (Phi) is 4.53. The molecule has 1 aliphatic rings. The number of carbonyl (C=O) groups is 1. The van der Waals surface area contributed by atoms with Crippen molar-refractivity contribution in [3.63, 3.8) is 0 Å². The maximum atomic E-state index is 13.3. The predicted octanol–water partition coefficient (Wildman–Crippen LogP) is 5.16. The lowest BCUT2D eigenvalue weighted by Gasteiger charge is -2.36. The quantitative estimate of drug-likeness (QED) is 0.591. The molecule has 146 valence electrons. The summed E-state index contributed by atoms with van der Waals surface area (Å²) in [5.41, 5.74) is 1.81. The van der Waals surface area contributed by atoms with Crippen LogP contribution in [0, 0.1) is 13.8 Å². The monoisotopic (exact) mass is 406 g/mol. The summed E-state index contributed by atoms with van der Waals surface area (Å²) in [4.78, 5) is 16.1. The van der Waals surface area contributed by atoms with Crippen molar-refractivity contribution in [1.29, 1.82) is 0 Å². The van der Waals surface area contributed by atoms with Gasteiger partial charge in [-0.25, -0.2) is 0 Å². The lowest BCUT2D eigenvalue weighted by molar-refractivity contribution is -0.137. The largest absolute Gasteiger partial charge is 0.416 e. The minimum absolute atomic E-state index is 0.224. The molecule has 1 aliphatic heterocycles. The summed E-state index contributed by atoms with van der Waals surface area (Å²) in [6.07, 6.45) is -3.69. The van der Waals surface area contributed by atoms with Crippen LogP contribution in [0.5, 0.6) is 0 Å². The molecule has 0 bridgehead atoms. The van der Waals surface area contributed by atoms with E-state index in [1.54, 1.807) is 30.1 Å². The van der Waals surface area contributed by atoms with Crippen LogP contribution in [-0.2, 0) is 12.6 Å². The van der Waals surface area contributed by atoms with E-state index in [1.807, 2.05) is 11.4 Å². The van der Waals surface area contributed by atoms with Crippen molar-refractivity contribution < 1.29 is 22.5 Å². The van der Waals surface area contributed by atoms with Gasteiger partial charge in [-0.05, 0) is 55.0 Å². The number of aryl methyl sites for hydroxylation is 2. The molecular formula is C20H17F3N2O2S. The van der Waals surface area contributed by atoms with E-state index in [0.717, 1.165) is 22.6 Å².